The van der Waals surface area contributed by atoms with Crippen molar-refractivity contribution in [2.45, 2.75) is 32.7 Å². The van der Waals surface area contributed by atoms with E-state index in [9.17, 15) is 14.4 Å². The van der Waals surface area contributed by atoms with Crippen LogP contribution in [0.4, 0.5) is 0 Å². The van der Waals surface area contributed by atoms with E-state index in [1.165, 1.54) is 11.6 Å². The molecular formula is C43H41N11O3Ru. The van der Waals surface area contributed by atoms with Crippen LogP contribution in [0.5, 0.6) is 0 Å². The number of aromatic amines is 1. The van der Waals surface area contributed by atoms with Gasteiger partial charge in [-0.2, -0.15) is 0 Å². The molecule has 0 atom stereocenters. The van der Waals surface area contributed by atoms with Gasteiger partial charge in [0.25, 0.3) is 5.56 Å². The van der Waals surface area contributed by atoms with Crippen LogP contribution in [0.15, 0.2) is 144 Å². The number of nitrogens with zero attached hydrogens (tertiary/aromatic N) is 9. The van der Waals surface area contributed by atoms with Gasteiger partial charge in [0.05, 0.1) is 40.7 Å². The largest absolute Gasteiger partial charge is 0.349 e. The quantitative estimate of drug-likeness (QED) is 0.172. The Hall–Kier alpha value is -6.86. The fraction of sp³-hybridized carbons (Fsp3) is 0.163. The molecule has 8 rings (SSSR count). The number of H-pyrrole nitrogens is 1. The summed E-state index contributed by atoms with van der Waals surface area (Å²) < 4.78 is 2.32. The minimum Gasteiger partial charge on any atom is -0.349 e. The van der Waals surface area contributed by atoms with Crippen molar-refractivity contribution in [1.29, 1.82) is 0 Å². The number of aryl methyl sites for hydroxylation is 3. The SMILES string of the molecule is Cc1ccnc(-c2cc(CCCC(=O)NCc3nc4c([nH]3)c(=O)n(C)c(=O)n4C)ccn2)c1.[Ru].c1ccc(-c2ccccn2)nc1.c1ccc(-c2ccccn2)nc1. The first-order chi connectivity index (χ1) is 27.8. The number of imidazole rings is 1. The van der Waals surface area contributed by atoms with E-state index in [2.05, 4.69) is 45.2 Å². The van der Waals surface area contributed by atoms with Crippen molar-refractivity contribution in [3.63, 3.8) is 0 Å². The number of hydrogen-bond acceptors (Lipinski definition) is 10. The van der Waals surface area contributed by atoms with Gasteiger partial charge in [0, 0.05) is 77.2 Å². The minimum absolute atomic E-state index is 0. The number of fused-ring (bicyclic) bond motifs is 1. The first kappa shape index (κ1) is 42.3. The standard InChI is InChI=1S/C23H25N7O3.2C10H8N2.Ru/c1-14-7-9-24-16(11-14)17-12-15(8-10-25-17)5-4-6-19(31)26-13-18-27-20-21(28-18)29(2)23(33)30(3)22(20)32;2*1-3-7-11-9(5-1)10-6-2-4-8-12-10;/h7-12H,4-6,13H2,1-3H3,(H,26,31)(H,27,28);2*1-8H;. The Morgan fingerprint density at radius 3 is 1.64 bits per heavy atom. The fourth-order valence-electron chi connectivity index (χ4n) is 5.68. The molecule has 294 valence electrons. The average Bonchev–Trinajstić information content (AvgIpc) is 3.71. The molecule has 0 fully saturated rings. The van der Waals surface area contributed by atoms with Crippen LogP contribution in [0.25, 0.3) is 45.3 Å². The van der Waals surface area contributed by atoms with Crippen molar-refractivity contribution in [1.82, 2.24) is 54.3 Å². The molecule has 0 saturated heterocycles. The molecule has 58 heavy (non-hydrogen) atoms. The first-order valence-electron chi connectivity index (χ1n) is 18.2. The van der Waals surface area contributed by atoms with Gasteiger partial charge >= 0.3 is 5.69 Å². The Kier molecular flexibility index (Phi) is 15.2. The van der Waals surface area contributed by atoms with E-state index in [0.29, 0.717) is 18.7 Å². The summed E-state index contributed by atoms with van der Waals surface area (Å²) >= 11 is 0. The van der Waals surface area contributed by atoms with Gasteiger partial charge in [-0.15, -0.1) is 0 Å². The normalized spacial score (nSPS) is 10.3. The summed E-state index contributed by atoms with van der Waals surface area (Å²) in [6.45, 7) is 2.16. The zero-order chi connectivity index (χ0) is 40.0. The van der Waals surface area contributed by atoms with Crippen LogP contribution in [0, 0.1) is 6.92 Å². The topological polar surface area (TPSA) is 179 Å². The van der Waals surface area contributed by atoms with E-state index >= 15 is 0 Å². The molecule has 0 unspecified atom stereocenters. The van der Waals surface area contributed by atoms with Gasteiger partial charge in [0.2, 0.25) is 5.91 Å². The molecule has 8 aromatic rings. The smallest absolute Gasteiger partial charge is 0.332 e. The predicted molar refractivity (Wildman–Crippen MR) is 219 cm³/mol. The molecule has 2 N–H and O–H groups in total. The minimum atomic E-state index is -0.452. The Labute approximate surface area is 347 Å². The van der Waals surface area contributed by atoms with Gasteiger partial charge in [0.1, 0.15) is 11.3 Å². The molecule has 0 aliphatic carbocycles. The summed E-state index contributed by atoms with van der Waals surface area (Å²) in [5, 5.41) is 2.81. The van der Waals surface area contributed by atoms with E-state index in [-0.39, 0.29) is 43.1 Å². The molecule has 0 saturated carbocycles. The molecule has 0 aliphatic rings. The number of carbonyl (C=O) groups is 1. The van der Waals surface area contributed by atoms with Gasteiger partial charge in [-0.3, -0.25) is 48.6 Å². The Morgan fingerprint density at radius 1 is 0.638 bits per heavy atom. The first-order valence-corrected chi connectivity index (χ1v) is 18.2. The molecule has 0 radical (unpaired) electrons. The second kappa shape index (κ2) is 20.9. The van der Waals surface area contributed by atoms with E-state index in [4.69, 9.17) is 0 Å². The van der Waals surface area contributed by atoms with Crippen LogP contribution < -0.4 is 16.6 Å². The van der Waals surface area contributed by atoms with Crippen molar-refractivity contribution >= 4 is 17.1 Å². The molecule has 0 aliphatic heterocycles. The number of rotatable bonds is 9. The molecule has 8 heterocycles. The molecule has 14 nitrogen and oxygen atoms in total. The van der Waals surface area contributed by atoms with Crippen LogP contribution in [-0.2, 0) is 51.3 Å². The summed E-state index contributed by atoms with van der Waals surface area (Å²) in [7, 11) is 2.96. The molecule has 8 aromatic heterocycles. The third-order valence-electron chi connectivity index (χ3n) is 8.65. The van der Waals surface area contributed by atoms with E-state index in [1.807, 2.05) is 104 Å². The molecular weight excluding hydrogens is 820 g/mol. The van der Waals surface area contributed by atoms with Crippen molar-refractivity contribution in [2.75, 3.05) is 0 Å². The zero-order valence-corrected chi connectivity index (χ0v) is 33.9. The fourth-order valence-corrected chi connectivity index (χ4v) is 5.68. The maximum atomic E-state index is 12.3. The van der Waals surface area contributed by atoms with Crippen molar-refractivity contribution < 1.29 is 24.3 Å². The molecule has 15 heteroatoms. The Morgan fingerprint density at radius 2 is 1.14 bits per heavy atom. The Balaban J connectivity index is 0.000000207. The Bertz CT molecular complexity index is 2510. The molecule has 1 amide bonds. The molecule has 0 spiro atoms. The molecule has 0 aromatic carbocycles. The number of hydrogen-bond donors (Lipinski definition) is 2. The number of carbonyl (C=O) groups excluding carboxylic acids is 1. The number of nitrogens with one attached hydrogen (secondary N) is 2. The number of aromatic nitrogens is 10. The molecule has 0 bridgehead atoms. The zero-order valence-electron chi connectivity index (χ0n) is 32.1. The van der Waals surface area contributed by atoms with E-state index < -0.39 is 11.2 Å². The monoisotopic (exact) mass is 861 g/mol. The predicted octanol–water partition coefficient (Wildman–Crippen LogP) is 5.65. The van der Waals surface area contributed by atoms with Crippen molar-refractivity contribution in [2.24, 2.45) is 14.1 Å². The number of pyridine rings is 6. The third-order valence-corrected chi connectivity index (χ3v) is 8.65. The van der Waals surface area contributed by atoms with Crippen LogP contribution in [0.1, 0.15) is 29.8 Å². The van der Waals surface area contributed by atoms with Crippen LogP contribution in [0.2, 0.25) is 0 Å². The van der Waals surface area contributed by atoms with Crippen LogP contribution in [0.3, 0.4) is 0 Å². The second-order valence-corrected chi connectivity index (χ2v) is 12.8. The van der Waals surface area contributed by atoms with Crippen LogP contribution in [-0.4, -0.2) is 54.9 Å². The number of amides is 1. The van der Waals surface area contributed by atoms with Gasteiger partial charge < -0.3 is 10.3 Å². The van der Waals surface area contributed by atoms with Gasteiger partial charge in [-0.05, 0) is 104 Å². The maximum absolute atomic E-state index is 12.3. The van der Waals surface area contributed by atoms with Crippen LogP contribution >= 0.6 is 0 Å². The van der Waals surface area contributed by atoms with Crippen molar-refractivity contribution in [3.05, 3.63) is 172 Å². The summed E-state index contributed by atoms with van der Waals surface area (Å²) in [4.78, 5) is 69.3. The van der Waals surface area contributed by atoms with E-state index in [0.717, 1.165) is 56.3 Å². The van der Waals surface area contributed by atoms with Gasteiger partial charge in [0.15, 0.2) is 5.65 Å². The van der Waals surface area contributed by atoms with Crippen molar-refractivity contribution in [3.8, 4) is 34.2 Å². The summed E-state index contributed by atoms with van der Waals surface area (Å²) in [5.74, 6) is 0.299. The third kappa shape index (κ3) is 11.4. The summed E-state index contributed by atoms with van der Waals surface area (Å²) in [6, 6.07) is 31.1. The maximum Gasteiger partial charge on any atom is 0.332 e. The van der Waals surface area contributed by atoms with Gasteiger partial charge in [-0.25, -0.2) is 9.78 Å². The summed E-state index contributed by atoms with van der Waals surface area (Å²) in [6.07, 6.45) is 12.4. The summed E-state index contributed by atoms with van der Waals surface area (Å²) in [5.41, 5.74) is 7.11. The second-order valence-electron chi connectivity index (χ2n) is 12.8. The average molecular weight is 861 g/mol. The van der Waals surface area contributed by atoms with E-state index in [1.54, 1.807) is 44.2 Å². The van der Waals surface area contributed by atoms with Gasteiger partial charge in [-0.1, -0.05) is 24.3 Å².